The lowest BCUT2D eigenvalue weighted by Crippen LogP contribution is -2.30. The van der Waals surface area contributed by atoms with E-state index in [1.54, 1.807) is 0 Å². The highest BCUT2D eigenvalue weighted by molar-refractivity contribution is 5.99. The Morgan fingerprint density at radius 1 is 1.09 bits per heavy atom. The third-order valence-corrected chi connectivity index (χ3v) is 3.45. The van der Waals surface area contributed by atoms with Crippen molar-refractivity contribution in [2.45, 2.75) is 26.5 Å². The molecule has 0 spiro atoms. The van der Waals surface area contributed by atoms with Crippen molar-refractivity contribution in [1.29, 1.82) is 0 Å². The number of nitrogens with one attached hydrogen (secondary N) is 1. The molecule has 0 saturated heterocycles. The Labute approximate surface area is 135 Å². The second-order valence-electron chi connectivity index (χ2n) is 5.64. The lowest BCUT2D eigenvalue weighted by Gasteiger charge is -2.09. The Bertz CT molecular complexity index is 806. The van der Waals surface area contributed by atoms with E-state index in [0.717, 1.165) is 16.7 Å². The molecular weight excluding hydrogens is 290 g/mol. The summed E-state index contributed by atoms with van der Waals surface area (Å²) < 4.78 is 11.6. The van der Waals surface area contributed by atoms with Crippen LogP contribution in [0.4, 0.5) is 0 Å². The average Bonchev–Trinajstić information content (AvgIpc) is 2.92. The zero-order chi connectivity index (χ0) is 16.2. The Morgan fingerprint density at radius 2 is 1.78 bits per heavy atom. The first-order chi connectivity index (χ1) is 11.1. The molecule has 4 heteroatoms. The summed E-state index contributed by atoms with van der Waals surface area (Å²) in [6.07, 6.45) is 0. The normalized spacial score (nSPS) is 10.9. The van der Waals surface area contributed by atoms with Gasteiger partial charge in [0, 0.05) is 17.0 Å². The van der Waals surface area contributed by atoms with Crippen molar-refractivity contribution in [3.63, 3.8) is 0 Å². The highest BCUT2D eigenvalue weighted by atomic mass is 16.5. The molecule has 1 amide bonds. The molecule has 0 bridgehead atoms. The Kier molecular flexibility index (Phi) is 4.33. The van der Waals surface area contributed by atoms with E-state index in [2.05, 4.69) is 5.32 Å². The number of amides is 1. The van der Waals surface area contributed by atoms with E-state index in [4.69, 9.17) is 9.15 Å². The van der Waals surface area contributed by atoms with Crippen molar-refractivity contribution in [3.05, 3.63) is 65.9 Å². The summed E-state index contributed by atoms with van der Waals surface area (Å²) in [5, 5.41) is 3.77. The van der Waals surface area contributed by atoms with Crippen molar-refractivity contribution in [1.82, 2.24) is 5.32 Å². The minimum Gasteiger partial charge on any atom is -0.489 e. The van der Waals surface area contributed by atoms with Crippen LogP contribution in [0.5, 0.6) is 5.75 Å². The number of furan rings is 1. The SMILES string of the molecule is CC(C)NC(=O)c1oc2ccccc2c1COc1ccccc1. The quantitative estimate of drug-likeness (QED) is 0.770. The lowest BCUT2D eigenvalue weighted by molar-refractivity contribution is 0.0914. The van der Waals surface area contributed by atoms with Gasteiger partial charge in [-0.3, -0.25) is 4.79 Å². The van der Waals surface area contributed by atoms with Crippen LogP contribution in [0.25, 0.3) is 11.0 Å². The first-order valence-electron chi connectivity index (χ1n) is 7.64. The van der Waals surface area contributed by atoms with E-state index in [1.807, 2.05) is 68.4 Å². The average molecular weight is 309 g/mol. The number of para-hydroxylation sites is 2. The maximum atomic E-state index is 12.4. The lowest BCUT2D eigenvalue weighted by atomic mass is 10.1. The van der Waals surface area contributed by atoms with Gasteiger partial charge in [-0.2, -0.15) is 0 Å². The number of hydrogen-bond acceptors (Lipinski definition) is 3. The van der Waals surface area contributed by atoms with Crippen LogP contribution in [0.2, 0.25) is 0 Å². The molecule has 0 atom stereocenters. The van der Waals surface area contributed by atoms with Gasteiger partial charge in [-0.1, -0.05) is 36.4 Å². The molecule has 0 saturated carbocycles. The third kappa shape index (κ3) is 3.37. The van der Waals surface area contributed by atoms with Gasteiger partial charge in [0.05, 0.1) is 0 Å². The maximum absolute atomic E-state index is 12.4. The molecular formula is C19H19NO3. The molecule has 0 aliphatic heterocycles. The Morgan fingerprint density at radius 3 is 2.52 bits per heavy atom. The smallest absolute Gasteiger partial charge is 0.287 e. The van der Waals surface area contributed by atoms with Gasteiger partial charge in [-0.05, 0) is 32.0 Å². The molecule has 3 aromatic rings. The highest BCUT2D eigenvalue weighted by Crippen LogP contribution is 2.27. The van der Waals surface area contributed by atoms with Crippen LogP contribution in [0, 0.1) is 0 Å². The van der Waals surface area contributed by atoms with Gasteiger partial charge in [0.25, 0.3) is 5.91 Å². The predicted octanol–water partition coefficient (Wildman–Crippen LogP) is 4.15. The summed E-state index contributed by atoms with van der Waals surface area (Å²) in [6, 6.07) is 17.2. The largest absolute Gasteiger partial charge is 0.489 e. The first-order valence-corrected chi connectivity index (χ1v) is 7.64. The third-order valence-electron chi connectivity index (χ3n) is 3.45. The summed E-state index contributed by atoms with van der Waals surface area (Å²) in [7, 11) is 0. The molecule has 2 aromatic carbocycles. The van der Waals surface area contributed by atoms with Crippen LogP contribution in [-0.2, 0) is 6.61 Å². The maximum Gasteiger partial charge on any atom is 0.287 e. The van der Waals surface area contributed by atoms with E-state index in [0.29, 0.717) is 11.3 Å². The summed E-state index contributed by atoms with van der Waals surface area (Å²) in [6.45, 7) is 4.11. The molecule has 118 valence electrons. The minimum absolute atomic E-state index is 0.0404. The van der Waals surface area contributed by atoms with Gasteiger partial charge in [0.2, 0.25) is 0 Å². The fraction of sp³-hybridized carbons (Fsp3) is 0.211. The van der Waals surface area contributed by atoms with E-state index in [9.17, 15) is 4.79 Å². The summed E-state index contributed by atoms with van der Waals surface area (Å²) in [5.41, 5.74) is 1.45. The van der Waals surface area contributed by atoms with Crippen LogP contribution < -0.4 is 10.1 Å². The summed E-state index contributed by atoms with van der Waals surface area (Å²) in [4.78, 5) is 12.4. The fourth-order valence-electron chi connectivity index (χ4n) is 2.43. The number of benzene rings is 2. The molecule has 1 heterocycles. The van der Waals surface area contributed by atoms with Crippen LogP contribution in [-0.4, -0.2) is 11.9 Å². The number of fused-ring (bicyclic) bond motifs is 1. The molecule has 4 nitrogen and oxygen atoms in total. The Hall–Kier alpha value is -2.75. The molecule has 1 aromatic heterocycles. The summed E-state index contributed by atoms with van der Waals surface area (Å²) in [5.74, 6) is 0.853. The van der Waals surface area contributed by atoms with E-state index in [-0.39, 0.29) is 18.6 Å². The van der Waals surface area contributed by atoms with Crippen LogP contribution >= 0.6 is 0 Å². The van der Waals surface area contributed by atoms with Gasteiger partial charge >= 0.3 is 0 Å². The minimum atomic E-state index is -0.220. The van der Waals surface area contributed by atoms with Crippen molar-refractivity contribution in [2.75, 3.05) is 0 Å². The standard InChI is InChI=1S/C19H19NO3/c1-13(2)20-19(21)18-16(12-22-14-8-4-3-5-9-14)15-10-6-7-11-17(15)23-18/h3-11,13H,12H2,1-2H3,(H,20,21). The monoisotopic (exact) mass is 309 g/mol. The second-order valence-corrected chi connectivity index (χ2v) is 5.64. The zero-order valence-corrected chi connectivity index (χ0v) is 13.2. The van der Waals surface area contributed by atoms with Gasteiger partial charge in [0.1, 0.15) is 17.9 Å². The fourth-order valence-corrected chi connectivity index (χ4v) is 2.43. The highest BCUT2D eigenvalue weighted by Gasteiger charge is 2.21. The second kappa shape index (κ2) is 6.57. The van der Waals surface area contributed by atoms with E-state index >= 15 is 0 Å². The Balaban J connectivity index is 1.94. The predicted molar refractivity (Wildman–Crippen MR) is 89.6 cm³/mol. The van der Waals surface area contributed by atoms with Crippen LogP contribution in [0.3, 0.4) is 0 Å². The van der Waals surface area contributed by atoms with Gasteiger partial charge < -0.3 is 14.5 Å². The van der Waals surface area contributed by atoms with Gasteiger partial charge in [-0.25, -0.2) is 0 Å². The summed E-state index contributed by atoms with van der Waals surface area (Å²) >= 11 is 0. The van der Waals surface area contributed by atoms with Crippen molar-refractivity contribution in [3.8, 4) is 5.75 Å². The number of carbonyl (C=O) groups excluding carboxylic acids is 1. The topological polar surface area (TPSA) is 51.5 Å². The van der Waals surface area contributed by atoms with Crippen molar-refractivity contribution < 1.29 is 13.9 Å². The van der Waals surface area contributed by atoms with Crippen LogP contribution in [0.1, 0.15) is 30.0 Å². The molecule has 0 unspecified atom stereocenters. The van der Waals surface area contributed by atoms with E-state index in [1.165, 1.54) is 0 Å². The molecule has 23 heavy (non-hydrogen) atoms. The molecule has 1 N–H and O–H groups in total. The molecule has 0 radical (unpaired) electrons. The molecule has 3 rings (SSSR count). The molecule has 0 aliphatic rings. The van der Waals surface area contributed by atoms with Gasteiger partial charge in [-0.15, -0.1) is 0 Å². The number of rotatable bonds is 5. The molecule has 0 fully saturated rings. The van der Waals surface area contributed by atoms with Crippen molar-refractivity contribution in [2.24, 2.45) is 0 Å². The first kappa shape index (κ1) is 15.2. The zero-order valence-electron chi connectivity index (χ0n) is 13.2. The van der Waals surface area contributed by atoms with E-state index < -0.39 is 0 Å². The van der Waals surface area contributed by atoms with Crippen LogP contribution in [0.15, 0.2) is 59.0 Å². The molecule has 0 aliphatic carbocycles. The van der Waals surface area contributed by atoms with Gasteiger partial charge in [0.15, 0.2) is 5.76 Å². The number of hydrogen-bond donors (Lipinski definition) is 1. The number of ether oxygens (including phenoxy) is 1. The van der Waals surface area contributed by atoms with Crippen molar-refractivity contribution >= 4 is 16.9 Å². The number of carbonyl (C=O) groups is 1.